The summed E-state index contributed by atoms with van der Waals surface area (Å²) in [4.78, 5) is 18.1. The van der Waals surface area contributed by atoms with Crippen molar-refractivity contribution in [3.05, 3.63) is 59.9 Å². The third-order valence-corrected chi connectivity index (χ3v) is 3.05. The number of ketones is 1. The first-order chi connectivity index (χ1) is 10.1. The van der Waals surface area contributed by atoms with E-state index >= 15 is 0 Å². The van der Waals surface area contributed by atoms with E-state index in [0.717, 1.165) is 11.4 Å². The molecule has 0 aliphatic rings. The van der Waals surface area contributed by atoms with Gasteiger partial charge in [-0.05, 0) is 48.5 Å². The first kappa shape index (κ1) is 14.9. The van der Waals surface area contributed by atoms with E-state index in [1.54, 1.807) is 6.21 Å². The van der Waals surface area contributed by atoms with Gasteiger partial charge in [-0.25, -0.2) is 4.39 Å². The summed E-state index contributed by atoms with van der Waals surface area (Å²) in [5.41, 5.74) is 2.38. The second-order valence-electron chi connectivity index (χ2n) is 4.86. The number of Topliss-reactive ketones (excluding diaryl/α,β-unsaturated/α-hetero) is 1. The molecule has 108 valence electrons. The molecular weight excluding hydrogens is 266 g/mol. The van der Waals surface area contributed by atoms with Gasteiger partial charge in [0.2, 0.25) is 0 Å². The molecule has 0 radical (unpaired) electrons. The van der Waals surface area contributed by atoms with Crippen LogP contribution in [0.4, 0.5) is 15.8 Å². The fourth-order valence-corrected chi connectivity index (χ4v) is 1.82. The van der Waals surface area contributed by atoms with Crippen molar-refractivity contribution in [2.24, 2.45) is 4.99 Å². The SMILES string of the molecule is CN(C)c1ccc(N=CCC(=O)c2ccc([18F])cc2)cc1. The number of carbonyl (C=O) groups excluding carboxylic acids is 1. The maximum Gasteiger partial charge on any atom is 0.168 e. The van der Waals surface area contributed by atoms with E-state index in [-0.39, 0.29) is 18.0 Å². The van der Waals surface area contributed by atoms with E-state index in [0.29, 0.717) is 5.56 Å². The molecule has 0 aromatic heterocycles. The standard InChI is InChI=1S/C17H17FN2O/c1-20(2)16-9-7-15(8-10-16)19-12-11-17(21)13-3-5-14(18)6-4-13/h3-10,12H,11H2,1-2H3/i18-1. The van der Waals surface area contributed by atoms with Gasteiger partial charge in [0.1, 0.15) is 5.82 Å². The first-order valence-electron chi connectivity index (χ1n) is 6.65. The number of anilines is 1. The average Bonchev–Trinajstić information content (AvgIpc) is 2.48. The van der Waals surface area contributed by atoms with Gasteiger partial charge in [0, 0.05) is 38.0 Å². The summed E-state index contributed by atoms with van der Waals surface area (Å²) >= 11 is 0. The molecule has 0 amide bonds. The van der Waals surface area contributed by atoms with Crippen molar-refractivity contribution < 1.29 is 9.18 Å². The van der Waals surface area contributed by atoms with Crippen molar-refractivity contribution in [1.82, 2.24) is 0 Å². The fourth-order valence-electron chi connectivity index (χ4n) is 1.82. The molecule has 0 bridgehead atoms. The molecule has 0 N–H and O–H groups in total. The van der Waals surface area contributed by atoms with Crippen LogP contribution in [0, 0.1) is 5.82 Å². The number of aliphatic imine (C=N–C) groups is 1. The van der Waals surface area contributed by atoms with Gasteiger partial charge < -0.3 is 4.90 Å². The van der Waals surface area contributed by atoms with Crippen LogP contribution < -0.4 is 4.90 Å². The zero-order valence-corrected chi connectivity index (χ0v) is 12.1. The lowest BCUT2D eigenvalue weighted by Crippen LogP contribution is -2.07. The topological polar surface area (TPSA) is 32.7 Å². The van der Waals surface area contributed by atoms with Crippen LogP contribution >= 0.6 is 0 Å². The Morgan fingerprint density at radius 2 is 1.71 bits per heavy atom. The third kappa shape index (κ3) is 4.24. The number of carbonyl (C=O) groups is 1. The molecule has 2 aromatic rings. The van der Waals surface area contributed by atoms with Crippen LogP contribution in [0.5, 0.6) is 0 Å². The lowest BCUT2D eigenvalue weighted by Gasteiger charge is -2.11. The summed E-state index contributed by atoms with van der Waals surface area (Å²) in [6.45, 7) is 0. The quantitative estimate of drug-likeness (QED) is 0.616. The Hall–Kier alpha value is -2.49. The summed E-state index contributed by atoms with van der Waals surface area (Å²) in [6.07, 6.45) is 1.78. The molecular formula is C17H17FN2O. The second kappa shape index (κ2) is 6.79. The zero-order valence-electron chi connectivity index (χ0n) is 12.1. The average molecular weight is 283 g/mol. The Morgan fingerprint density at radius 1 is 1.10 bits per heavy atom. The van der Waals surface area contributed by atoms with Crippen molar-refractivity contribution in [3.8, 4) is 0 Å². The van der Waals surface area contributed by atoms with Gasteiger partial charge in [-0.2, -0.15) is 0 Å². The smallest absolute Gasteiger partial charge is 0.168 e. The molecule has 4 heteroatoms. The van der Waals surface area contributed by atoms with Crippen LogP contribution in [0.15, 0.2) is 53.5 Å². The van der Waals surface area contributed by atoms with E-state index in [9.17, 15) is 9.18 Å². The summed E-state index contributed by atoms with van der Waals surface area (Å²) in [6, 6.07) is 13.3. The molecule has 0 atom stereocenters. The van der Waals surface area contributed by atoms with E-state index in [1.165, 1.54) is 24.3 Å². The summed E-state index contributed by atoms with van der Waals surface area (Å²) < 4.78 is 12.8. The van der Waals surface area contributed by atoms with Gasteiger partial charge in [0.05, 0.1) is 5.69 Å². The van der Waals surface area contributed by atoms with Crippen LogP contribution in [0.2, 0.25) is 0 Å². The summed E-state index contributed by atoms with van der Waals surface area (Å²) in [5, 5.41) is 0. The molecule has 0 heterocycles. The highest BCUT2D eigenvalue weighted by molar-refractivity contribution is 6.03. The first-order valence-corrected chi connectivity index (χ1v) is 6.65. The molecule has 0 saturated carbocycles. The molecule has 0 aliphatic heterocycles. The van der Waals surface area contributed by atoms with Gasteiger partial charge in [-0.1, -0.05) is 0 Å². The molecule has 0 aliphatic carbocycles. The lowest BCUT2D eigenvalue weighted by molar-refractivity contribution is 0.100. The molecule has 0 spiro atoms. The van der Waals surface area contributed by atoms with Gasteiger partial charge in [0.25, 0.3) is 0 Å². The zero-order chi connectivity index (χ0) is 15.2. The summed E-state index contributed by atoms with van der Waals surface area (Å²) in [7, 11) is 3.94. The van der Waals surface area contributed by atoms with Gasteiger partial charge in [0.15, 0.2) is 5.78 Å². The Labute approximate surface area is 123 Å². The van der Waals surface area contributed by atoms with Gasteiger partial charge >= 0.3 is 0 Å². The molecule has 0 saturated heterocycles. The van der Waals surface area contributed by atoms with Crippen molar-refractivity contribution in [2.75, 3.05) is 19.0 Å². The monoisotopic (exact) mass is 283 g/mol. The number of nitrogens with zero attached hydrogens (tertiary/aromatic N) is 2. The number of benzene rings is 2. The normalized spacial score (nSPS) is 10.8. The number of hydrogen-bond donors (Lipinski definition) is 0. The highest BCUT2D eigenvalue weighted by Crippen LogP contribution is 2.17. The van der Waals surface area contributed by atoms with Crippen LogP contribution in [-0.4, -0.2) is 26.1 Å². The minimum atomic E-state index is -0.346. The van der Waals surface area contributed by atoms with Gasteiger partial charge in [-0.3, -0.25) is 9.79 Å². The highest BCUT2D eigenvalue weighted by atomic mass is 18.2. The summed E-state index contributed by atoms with van der Waals surface area (Å²) in [5.74, 6) is -0.426. The largest absolute Gasteiger partial charge is 0.378 e. The minimum Gasteiger partial charge on any atom is -0.378 e. The second-order valence-corrected chi connectivity index (χ2v) is 4.86. The van der Waals surface area contributed by atoms with Crippen molar-refractivity contribution in [2.45, 2.75) is 6.42 Å². The van der Waals surface area contributed by atoms with E-state index in [4.69, 9.17) is 0 Å². The Morgan fingerprint density at radius 3 is 2.29 bits per heavy atom. The van der Waals surface area contributed by atoms with Crippen molar-refractivity contribution in [3.63, 3.8) is 0 Å². The van der Waals surface area contributed by atoms with Crippen molar-refractivity contribution >= 4 is 23.4 Å². The Kier molecular flexibility index (Phi) is 4.82. The fraction of sp³-hybridized carbons (Fsp3) is 0.176. The van der Waals surface area contributed by atoms with E-state index < -0.39 is 0 Å². The predicted octanol–water partition coefficient (Wildman–Crippen LogP) is 3.87. The maximum atomic E-state index is 12.8. The highest BCUT2D eigenvalue weighted by Gasteiger charge is 2.03. The van der Waals surface area contributed by atoms with Gasteiger partial charge in [-0.15, -0.1) is 0 Å². The van der Waals surface area contributed by atoms with Crippen LogP contribution in [0.1, 0.15) is 16.8 Å². The Bertz CT molecular complexity index is 631. The van der Waals surface area contributed by atoms with Crippen LogP contribution in [0.3, 0.4) is 0 Å². The van der Waals surface area contributed by atoms with Crippen LogP contribution in [0.25, 0.3) is 0 Å². The van der Waals surface area contributed by atoms with Crippen molar-refractivity contribution in [1.29, 1.82) is 0 Å². The van der Waals surface area contributed by atoms with E-state index in [2.05, 4.69) is 4.99 Å². The predicted molar refractivity (Wildman–Crippen MR) is 84.3 cm³/mol. The lowest BCUT2D eigenvalue weighted by atomic mass is 10.1. The number of halogens is 1. The maximum absolute atomic E-state index is 12.8. The molecule has 3 nitrogen and oxygen atoms in total. The number of rotatable bonds is 5. The molecule has 2 aromatic carbocycles. The molecule has 0 unspecified atom stereocenters. The third-order valence-electron chi connectivity index (χ3n) is 3.05. The minimum absolute atomic E-state index is 0.0799. The van der Waals surface area contributed by atoms with Crippen LogP contribution in [-0.2, 0) is 0 Å². The Balaban J connectivity index is 1.95. The molecule has 2 rings (SSSR count). The van der Waals surface area contributed by atoms with E-state index in [1.807, 2.05) is 43.3 Å². The number of hydrogen-bond acceptors (Lipinski definition) is 3. The molecule has 0 fully saturated rings. The molecule has 21 heavy (non-hydrogen) atoms.